The number of pyridine rings is 2. The molecule has 3 rings (SSSR count). The predicted octanol–water partition coefficient (Wildman–Crippen LogP) is 2.61. The zero-order chi connectivity index (χ0) is 18.8. The van der Waals surface area contributed by atoms with Gasteiger partial charge in [0.15, 0.2) is 0 Å². The number of carbonyl (C=O) groups is 2. The van der Waals surface area contributed by atoms with E-state index in [1.807, 2.05) is 0 Å². The van der Waals surface area contributed by atoms with E-state index in [0.717, 1.165) is 29.6 Å². The number of rotatable bonds is 4. The third-order valence-electron chi connectivity index (χ3n) is 4.45. The summed E-state index contributed by atoms with van der Waals surface area (Å²) in [5.74, 6) is -0.769. The summed E-state index contributed by atoms with van der Waals surface area (Å²) < 4.78 is 9.34. The summed E-state index contributed by atoms with van der Waals surface area (Å²) in [4.78, 5) is 34.7. The van der Waals surface area contributed by atoms with Crippen molar-refractivity contribution in [1.29, 1.82) is 0 Å². The molecule has 136 valence electrons. The van der Waals surface area contributed by atoms with Gasteiger partial charge in [0.05, 0.1) is 14.2 Å². The highest BCUT2D eigenvalue weighted by molar-refractivity contribution is 6.30. The van der Waals surface area contributed by atoms with E-state index in [0.29, 0.717) is 16.8 Å². The molecule has 1 fully saturated rings. The van der Waals surface area contributed by atoms with Gasteiger partial charge in [-0.3, -0.25) is 0 Å². The number of hydrogen-bond donors (Lipinski definition) is 0. The maximum atomic E-state index is 11.9. The topological polar surface area (TPSA) is 81.6 Å². The molecule has 0 saturated carbocycles. The quantitative estimate of drug-likeness (QED) is 0.267. The Morgan fingerprint density at radius 3 is 2.42 bits per heavy atom. The molecule has 0 bridgehead atoms. The third kappa shape index (κ3) is 3.22. The van der Waals surface area contributed by atoms with Crippen molar-refractivity contribution in [1.82, 2.24) is 9.97 Å². The summed E-state index contributed by atoms with van der Waals surface area (Å²) in [5.41, 5.74) is 0.322. The first-order valence-corrected chi connectivity index (χ1v) is 8.43. The molecule has 0 N–H and O–H groups in total. The Morgan fingerprint density at radius 2 is 1.88 bits per heavy atom. The molecule has 2 aromatic heterocycles. The zero-order valence-corrected chi connectivity index (χ0v) is 15.4. The summed E-state index contributed by atoms with van der Waals surface area (Å²) in [6.07, 6.45) is 5.75. The first-order valence-electron chi connectivity index (χ1n) is 8.05. The number of ether oxygens (including phenoxy) is 2. The molecule has 0 unspecified atom stereocenters. The van der Waals surface area contributed by atoms with Gasteiger partial charge in [0, 0.05) is 35.9 Å². The van der Waals surface area contributed by atoms with Crippen LogP contribution in [0.3, 0.4) is 0 Å². The largest absolute Gasteiger partial charge is 0.465 e. The Morgan fingerprint density at radius 1 is 1.19 bits per heavy atom. The van der Waals surface area contributed by atoms with Crippen LogP contribution in [0.4, 0.5) is 5.82 Å². The molecule has 0 radical (unpaired) electrons. The summed E-state index contributed by atoms with van der Waals surface area (Å²) in [6.45, 7) is 3.04. The fourth-order valence-corrected chi connectivity index (χ4v) is 3.03. The number of hydrogen-bond acceptors (Lipinski definition) is 7. The van der Waals surface area contributed by atoms with Crippen LogP contribution in [-0.2, 0) is 19.1 Å². The molecule has 7 nitrogen and oxygen atoms in total. The van der Waals surface area contributed by atoms with E-state index < -0.39 is 11.9 Å². The van der Waals surface area contributed by atoms with Crippen LogP contribution < -0.4 is 4.90 Å². The molecule has 0 amide bonds. The number of halogens is 1. The minimum Gasteiger partial charge on any atom is -0.465 e. The molecule has 1 atom stereocenters. The van der Waals surface area contributed by atoms with Crippen LogP contribution in [0.2, 0.25) is 5.15 Å². The van der Waals surface area contributed by atoms with Gasteiger partial charge in [-0.1, -0.05) is 11.6 Å². The van der Waals surface area contributed by atoms with Crippen molar-refractivity contribution in [3.63, 3.8) is 0 Å². The summed E-state index contributed by atoms with van der Waals surface area (Å²) in [5, 5.41) is 1.84. The number of carbonyl (C=O) groups excluding carboxylic acids is 2. The van der Waals surface area contributed by atoms with Crippen LogP contribution in [0.15, 0.2) is 24.0 Å². The summed E-state index contributed by atoms with van der Waals surface area (Å²) in [7, 11) is 2.40. The van der Waals surface area contributed by atoms with E-state index >= 15 is 0 Å². The SMILES string of the molecule is COC(=O)C(=Cc1cnc(N2CC[C@H]2C)c2cnc(Cl)cc12)C(=O)OC. The standard InChI is InChI=1S/C18H18ClN3O4/c1-10-4-5-22(10)16-14-9-20-15(19)7-12(14)11(8-21-16)6-13(17(23)25-2)18(24)26-3/h6-10H,4-5H2,1-3H3/t10-/m1/s1. The molecule has 2 aromatic rings. The molecule has 8 heteroatoms. The van der Waals surface area contributed by atoms with E-state index in [1.165, 1.54) is 20.3 Å². The Bertz CT molecular complexity index is 895. The van der Waals surface area contributed by atoms with Gasteiger partial charge in [0.1, 0.15) is 16.5 Å². The molecule has 0 spiro atoms. The van der Waals surface area contributed by atoms with E-state index in [4.69, 9.17) is 11.6 Å². The Hall–Kier alpha value is -2.67. The highest BCUT2D eigenvalue weighted by Crippen LogP contribution is 2.34. The van der Waals surface area contributed by atoms with Gasteiger partial charge in [-0.2, -0.15) is 0 Å². The summed E-state index contributed by atoms with van der Waals surface area (Å²) in [6, 6.07) is 2.08. The van der Waals surface area contributed by atoms with Crippen molar-refractivity contribution < 1.29 is 19.1 Å². The zero-order valence-electron chi connectivity index (χ0n) is 14.7. The Labute approximate surface area is 155 Å². The molecular weight excluding hydrogens is 358 g/mol. The maximum absolute atomic E-state index is 11.9. The summed E-state index contributed by atoms with van der Waals surface area (Å²) >= 11 is 6.07. The second kappa shape index (κ2) is 7.29. The fraction of sp³-hybridized carbons (Fsp3) is 0.333. The molecule has 0 aromatic carbocycles. The number of aromatic nitrogens is 2. The van der Waals surface area contributed by atoms with Gasteiger partial charge in [0.2, 0.25) is 0 Å². The van der Waals surface area contributed by atoms with Gasteiger partial charge in [0.25, 0.3) is 0 Å². The van der Waals surface area contributed by atoms with Gasteiger partial charge >= 0.3 is 11.9 Å². The number of methoxy groups -OCH3 is 2. The number of fused-ring (bicyclic) bond motifs is 1. The van der Waals surface area contributed by atoms with Crippen molar-refractivity contribution in [2.75, 3.05) is 25.7 Å². The van der Waals surface area contributed by atoms with Crippen LogP contribution in [0.25, 0.3) is 16.8 Å². The van der Waals surface area contributed by atoms with Crippen molar-refractivity contribution in [3.8, 4) is 0 Å². The van der Waals surface area contributed by atoms with Crippen LogP contribution in [-0.4, -0.2) is 48.7 Å². The number of anilines is 1. The number of nitrogens with zero attached hydrogens (tertiary/aromatic N) is 3. The van der Waals surface area contributed by atoms with Crippen molar-refractivity contribution >= 4 is 46.2 Å². The second-order valence-electron chi connectivity index (χ2n) is 5.96. The predicted molar refractivity (Wildman–Crippen MR) is 98.0 cm³/mol. The molecule has 3 heterocycles. The number of esters is 2. The van der Waals surface area contributed by atoms with Gasteiger partial charge in [-0.05, 0) is 30.9 Å². The minimum absolute atomic E-state index is 0.226. The average molecular weight is 376 g/mol. The van der Waals surface area contributed by atoms with Crippen molar-refractivity contribution in [2.45, 2.75) is 19.4 Å². The Kier molecular flexibility index (Phi) is 5.08. The Balaban J connectivity index is 2.19. The molecule has 1 aliphatic heterocycles. The highest BCUT2D eigenvalue weighted by Gasteiger charge is 2.27. The molecular formula is C18H18ClN3O4. The van der Waals surface area contributed by atoms with Crippen molar-refractivity contribution in [2.24, 2.45) is 0 Å². The lowest BCUT2D eigenvalue weighted by Crippen LogP contribution is -2.46. The van der Waals surface area contributed by atoms with E-state index in [2.05, 4.69) is 31.3 Å². The lowest BCUT2D eigenvalue weighted by molar-refractivity contribution is -0.143. The third-order valence-corrected chi connectivity index (χ3v) is 4.66. The second-order valence-corrected chi connectivity index (χ2v) is 6.35. The average Bonchev–Trinajstić information content (AvgIpc) is 2.64. The van der Waals surface area contributed by atoms with Crippen LogP contribution >= 0.6 is 11.6 Å². The first-order chi connectivity index (χ1) is 12.5. The van der Waals surface area contributed by atoms with Crippen LogP contribution in [0.5, 0.6) is 0 Å². The normalized spacial score (nSPS) is 16.0. The van der Waals surface area contributed by atoms with Crippen molar-refractivity contribution in [3.05, 3.63) is 34.7 Å². The van der Waals surface area contributed by atoms with E-state index in [1.54, 1.807) is 18.5 Å². The lowest BCUT2D eigenvalue weighted by Gasteiger charge is -2.40. The minimum atomic E-state index is -0.786. The monoisotopic (exact) mass is 375 g/mol. The van der Waals surface area contributed by atoms with Gasteiger partial charge < -0.3 is 14.4 Å². The van der Waals surface area contributed by atoms with Gasteiger partial charge in [-0.25, -0.2) is 19.6 Å². The van der Waals surface area contributed by atoms with E-state index in [9.17, 15) is 9.59 Å². The molecule has 26 heavy (non-hydrogen) atoms. The molecule has 1 saturated heterocycles. The van der Waals surface area contributed by atoms with Gasteiger partial charge in [-0.15, -0.1) is 0 Å². The lowest BCUT2D eigenvalue weighted by atomic mass is 10.0. The van der Waals surface area contributed by atoms with Crippen LogP contribution in [0.1, 0.15) is 18.9 Å². The van der Waals surface area contributed by atoms with E-state index in [-0.39, 0.29) is 5.57 Å². The first kappa shape index (κ1) is 18.1. The molecule has 1 aliphatic rings. The fourth-order valence-electron chi connectivity index (χ4n) is 2.87. The highest BCUT2D eigenvalue weighted by atomic mass is 35.5. The smallest absolute Gasteiger partial charge is 0.345 e. The van der Waals surface area contributed by atoms with Crippen LogP contribution in [0, 0.1) is 0 Å². The molecule has 0 aliphatic carbocycles. The maximum Gasteiger partial charge on any atom is 0.345 e.